The minimum absolute atomic E-state index is 0.0642. The minimum atomic E-state index is -2.89. The third kappa shape index (κ3) is 5.70. The quantitative estimate of drug-likeness (QED) is 0.461. The number of ether oxygens (including phenoxy) is 1. The smallest absolute Gasteiger partial charge is 0.191 e. The van der Waals surface area contributed by atoms with Crippen molar-refractivity contribution in [1.82, 2.24) is 10.6 Å². The van der Waals surface area contributed by atoms with E-state index in [4.69, 9.17) is 4.74 Å². The number of nitrogens with zero attached hydrogens (tertiary/aromatic N) is 1. The van der Waals surface area contributed by atoms with Crippen LogP contribution in [0.1, 0.15) is 31.7 Å². The molecule has 0 radical (unpaired) electrons. The molecule has 0 saturated carbocycles. The second kappa shape index (κ2) is 8.37. The Bertz CT molecular complexity index is 654. The van der Waals surface area contributed by atoms with Crippen molar-refractivity contribution in [3.63, 3.8) is 0 Å². The van der Waals surface area contributed by atoms with Crippen molar-refractivity contribution in [2.75, 3.05) is 31.7 Å². The van der Waals surface area contributed by atoms with Gasteiger partial charge >= 0.3 is 0 Å². The van der Waals surface area contributed by atoms with Crippen LogP contribution in [-0.4, -0.2) is 52.1 Å². The fourth-order valence-corrected chi connectivity index (χ4v) is 4.26. The van der Waals surface area contributed by atoms with Gasteiger partial charge in [0.25, 0.3) is 0 Å². The summed E-state index contributed by atoms with van der Waals surface area (Å²) in [7, 11) is -1.22. The Labute approximate surface area is 144 Å². The molecule has 0 aliphatic carbocycles. The van der Waals surface area contributed by atoms with E-state index in [2.05, 4.69) is 41.6 Å². The summed E-state index contributed by atoms with van der Waals surface area (Å²) in [5, 5.41) is 6.29. The molecule has 1 aliphatic heterocycles. The first-order chi connectivity index (χ1) is 11.4. The molecular formula is C17H27N3O3S. The number of sulfone groups is 1. The van der Waals surface area contributed by atoms with Gasteiger partial charge in [-0.25, -0.2) is 8.42 Å². The summed E-state index contributed by atoms with van der Waals surface area (Å²) in [5.41, 5.74) is 1.29. The van der Waals surface area contributed by atoms with E-state index < -0.39 is 9.84 Å². The van der Waals surface area contributed by atoms with Crippen molar-refractivity contribution in [3.8, 4) is 5.75 Å². The minimum Gasteiger partial charge on any atom is -0.492 e. The summed E-state index contributed by atoms with van der Waals surface area (Å²) in [6.07, 6.45) is 0.627. The van der Waals surface area contributed by atoms with Gasteiger partial charge in [-0.05, 0) is 30.0 Å². The van der Waals surface area contributed by atoms with Crippen LogP contribution >= 0.6 is 0 Å². The fraction of sp³-hybridized carbons (Fsp3) is 0.588. The average molecular weight is 353 g/mol. The highest BCUT2D eigenvalue weighted by Gasteiger charge is 2.28. The maximum Gasteiger partial charge on any atom is 0.191 e. The lowest BCUT2D eigenvalue weighted by Gasteiger charge is -2.16. The van der Waals surface area contributed by atoms with E-state index in [9.17, 15) is 8.42 Å². The predicted octanol–water partition coefficient (Wildman–Crippen LogP) is 1.54. The van der Waals surface area contributed by atoms with Gasteiger partial charge in [0, 0.05) is 13.1 Å². The van der Waals surface area contributed by atoms with Gasteiger partial charge in [-0.1, -0.05) is 26.0 Å². The highest BCUT2D eigenvalue weighted by molar-refractivity contribution is 7.91. The van der Waals surface area contributed by atoms with Gasteiger partial charge in [-0.15, -0.1) is 0 Å². The molecule has 24 heavy (non-hydrogen) atoms. The number of hydrogen-bond donors (Lipinski definition) is 2. The molecule has 1 aromatic rings. The molecule has 1 atom stereocenters. The first kappa shape index (κ1) is 18.6. The highest BCUT2D eigenvalue weighted by Crippen LogP contribution is 2.18. The second-order valence-electron chi connectivity index (χ2n) is 6.32. The Morgan fingerprint density at radius 2 is 2.04 bits per heavy atom. The summed E-state index contributed by atoms with van der Waals surface area (Å²) in [6, 6.07) is 8.05. The Balaban J connectivity index is 1.70. The summed E-state index contributed by atoms with van der Waals surface area (Å²) in [4.78, 5) is 4.12. The van der Waals surface area contributed by atoms with Gasteiger partial charge in [0.05, 0.1) is 18.1 Å². The number of hydrogen-bond acceptors (Lipinski definition) is 4. The van der Waals surface area contributed by atoms with Gasteiger partial charge in [0.15, 0.2) is 15.8 Å². The van der Waals surface area contributed by atoms with Crippen LogP contribution in [0.2, 0.25) is 0 Å². The fourth-order valence-electron chi connectivity index (χ4n) is 2.58. The van der Waals surface area contributed by atoms with E-state index in [-0.39, 0.29) is 17.5 Å². The van der Waals surface area contributed by atoms with Gasteiger partial charge in [0.1, 0.15) is 12.4 Å². The summed E-state index contributed by atoms with van der Waals surface area (Å²) >= 11 is 0. The molecule has 2 rings (SSSR count). The van der Waals surface area contributed by atoms with Crippen LogP contribution in [0.5, 0.6) is 5.75 Å². The van der Waals surface area contributed by atoms with Crippen molar-refractivity contribution < 1.29 is 13.2 Å². The lowest BCUT2D eigenvalue weighted by atomic mass is 10.0. The second-order valence-corrected chi connectivity index (χ2v) is 8.54. The third-order valence-electron chi connectivity index (χ3n) is 4.01. The molecule has 0 aromatic heterocycles. The number of nitrogens with one attached hydrogen (secondary N) is 2. The largest absolute Gasteiger partial charge is 0.492 e. The number of benzene rings is 1. The van der Waals surface area contributed by atoms with Crippen LogP contribution in [-0.2, 0) is 9.84 Å². The molecule has 6 nitrogen and oxygen atoms in total. The van der Waals surface area contributed by atoms with Crippen LogP contribution in [0, 0.1) is 0 Å². The van der Waals surface area contributed by atoms with Crippen LogP contribution in [0.4, 0.5) is 0 Å². The highest BCUT2D eigenvalue weighted by atomic mass is 32.2. The third-order valence-corrected chi connectivity index (χ3v) is 5.77. The van der Waals surface area contributed by atoms with Gasteiger partial charge in [-0.2, -0.15) is 0 Å². The van der Waals surface area contributed by atoms with Gasteiger partial charge in [0.2, 0.25) is 0 Å². The average Bonchev–Trinajstić information content (AvgIpc) is 2.89. The molecule has 1 aliphatic rings. The van der Waals surface area contributed by atoms with E-state index in [0.29, 0.717) is 31.4 Å². The van der Waals surface area contributed by atoms with Crippen molar-refractivity contribution in [3.05, 3.63) is 29.8 Å². The lowest BCUT2D eigenvalue weighted by molar-refractivity contribution is 0.321. The van der Waals surface area contributed by atoms with E-state index in [1.165, 1.54) is 5.56 Å². The van der Waals surface area contributed by atoms with E-state index in [1.807, 2.05) is 12.1 Å². The molecule has 1 heterocycles. The van der Waals surface area contributed by atoms with Crippen molar-refractivity contribution >= 4 is 15.8 Å². The molecule has 1 aromatic carbocycles. The maximum atomic E-state index is 11.5. The molecule has 1 unspecified atom stereocenters. The van der Waals surface area contributed by atoms with E-state index >= 15 is 0 Å². The van der Waals surface area contributed by atoms with Gasteiger partial charge < -0.3 is 15.4 Å². The summed E-state index contributed by atoms with van der Waals surface area (Å²) in [5.74, 6) is 2.38. The van der Waals surface area contributed by atoms with Crippen LogP contribution in [0.3, 0.4) is 0 Å². The standard InChI is InChI=1S/C17H27N3O3S/c1-13(2)14-4-6-16(7-5-14)23-10-9-19-17(18-3)20-15-8-11-24(21,22)12-15/h4-7,13,15H,8-12H2,1-3H3,(H2,18,19,20). The Morgan fingerprint density at radius 3 is 2.58 bits per heavy atom. The Kier molecular flexibility index (Phi) is 6.48. The zero-order valence-electron chi connectivity index (χ0n) is 14.6. The number of aliphatic imine (C=N–C) groups is 1. The lowest BCUT2D eigenvalue weighted by Crippen LogP contribution is -2.45. The molecular weight excluding hydrogens is 326 g/mol. The zero-order valence-corrected chi connectivity index (χ0v) is 15.4. The van der Waals surface area contributed by atoms with E-state index in [0.717, 1.165) is 5.75 Å². The normalized spacial score (nSPS) is 20.2. The molecule has 0 bridgehead atoms. The van der Waals surface area contributed by atoms with Crippen molar-refractivity contribution in [2.45, 2.75) is 32.2 Å². The predicted molar refractivity (Wildman–Crippen MR) is 97.6 cm³/mol. The molecule has 7 heteroatoms. The molecule has 134 valence electrons. The number of guanidine groups is 1. The zero-order chi connectivity index (χ0) is 17.6. The summed E-state index contributed by atoms with van der Waals surface area (Å²) in [6.45, 7) is 5.41. The van der Waals surface area contributed by atoms with Crippen molar-refractivity contribution in [1.29, 1.82) is 0 Å². The van der Waals surface area contributed by atoms with Crippen molar-refractivity contribution in [2.24, 2.45) is 4.99 Å². The molecule has 0 amide bonds. The number of rotatable bonds is 6. The van der Waals surface area contributed by atoms with Crippen LogP contribution in [0.15, 0.2) is 29.3 Å². The topological polar surface area (TPSA) is 79.8 Å². The molecule has 1 fully saturated rings. The summed E-state index contributed by atoms with van der Waals surface area (Å²) < 4.78 is 28.6. The first-order valence-corrected chi connectivity index (χ1v) is 10.1. The monoisotopic (exact) mass is 353 g/mol. The van der Waals surface area contributed by atoms with E-state index in [1.54, 1.807) is 7.05 Å². The van der Waals surface area contributed by atoms with Gasteiger partial charge in [-0.3, -0.25) is 4.99 Å². The molecule has 0 spiro atoms. The molecule has 1 saturated heterocycles. The Hall–Kier alpha value is -1.76. The Morgan fingerprint density at radius 1 is 1.33 bits per heavy atom. The van der Waals surface area contributed by atoms with Crippen LogP contribution in [0.25, 0.3) is 0 Å². The maximum absolute atomic E-state index is 11.5. The molecule has 2 N–H and O–H groups in total. The SMILES string of the molecule is CN=C(NCCOc1ccc(C(C)C)cc1)NC1CCS(=O)(=O)C1. The first-order valence-electron chi connectivity index (χ1n) is 8.30. The van der Waals surface area contributed by atoms with Crippen LogP contribution < -0.4 is 15.4 Å².